The second kappa shape index (κ2) is 6.82. The summed E-state index contributed by atoms with van der Waals surface area (Å²) in [6.07, 6.45) is 4.39. The molecule has 0 atom stereocenters. The van der Waals surface area contributed by atoms with E-state index in [1.54, 1.807) is 35.1 Å². The van der Waals surface area contributed by atoms with E-state index < -0.39 is 0 Å². The summed E-state index contributed by atoms with van der Waals surface area (Å²) in [7, 11) is 3.33. The van der Waals surface area contributed by atoms with Gasteiger partial charge in [-0.3, -0.25) is 9.48 Å². The number of nitrogens with zero attached hydrogens (tertiary/aromatic N) is 6. The minimum atomic E-state index is -0.363. The van der Waals surface area contributed by atoms with E-state index >= 15 is 0 Å². The number of ether oxygens (including phenoxy) is 1. The van der Waals surface area contributed by atoms with Gasteiger partial charge in [0.05, 0.1) is 24.9 Å². The SMILES string of the molecule is COc1c(C(=O)N2CCN(c3ccc(F)cn3)CC2)cnc2c1cnn2C. The quantitative estimate of drug-likeness (QED) is 0.695. The van der Waals surface area contributed by atoms with Crippen molar-refractivity contribution in [1.29, 1.82) is 0 Å². The van der Waals surface area contributed by atoms with Gasteiger partial charge in [0, 0.05) is 39.4 Å². The summed E-state index contributed by atoms with van der Waals surface area (Å²) in [4.78, 5) is 25.3. The van der Waals surface area contributed by atoms with Gasteiger partial charge in [0.15, 0.2) is 5.65 Å². The molecule has 0 unspecified atom stereocenters. The lowest BCUT2D eigenvalue weighted by atomic mass is 10.1. The Labute approximate surface area is 155 Å². The molecule has 8 nitrogen and oxygen atoms in total. The zero-order chi connectivity index (χ0) is 19.0. The highest BCUT2D eigenvalue weighted by Crippen LogP contribution is 2.29. The number of amides is 1. The van der Waals surface area contributed by atoms with Gasteiger partial charge in [0.25, 0.3) is 5.91 Å². The average Bonchev–Trinajstić information content (AvgIpc) is 3.08. The number of carbonyl (C=O) groups is 1. The Balaban J connectivity index is 1.52. The summed E-state index contributed by atoms with van der Waals surface area (Å²) in [6.45, 7) is 2.31. The van der Waals surface area contributed by atoms with Crippen molar-refractivity contribution in [2.24, 2.45) is 7.05 Å². The first-order valence-electron chi connectivity index (χ1n) is 8.59. The van der Waals surface area contributed by atoms with Gasteiger partial charge < -0.3 is 14.5 Å². The molecule has 1 amide bonds. The highest BCUT2D eigenvalue weighted by Gasteiger charge is 2.26. The van der Waals surface area contributed by atoms with Gasteiger partial charge in [0.2, 0.25) is 0 Å². The van der Waals surface area contributed by atoms with Crippen LogP contribution in [0.5, 0.6) is 5.75 Å². The van der Waals surface area contributed by atoms with Gasteiger partial charge in [-0.25, -0.2) is 14.4 Å². The van der Waals surface area contributed by atoms with Gasteiger partial charge >= 0.3 is 0 Å². The number of pyridine rings is 2. The van der Waals surface area contributed by atoms with Crippen LogP contribution < -0.4 is 9.64 Å². The number of aromatic nitrogens is 4. The van der Waals surface area contributed by atoms with Crippen LogP contribution in [0.15, 0.2) is 30.7 Å². The fourth-order valence-corrected chi connectivity index (χ4v) is 3.31. The first kappa shape index (κ1) is 17.2. The van der Waals surface area contributed by atoms with E-state index in [0.717, 1.165) is 0 Å². The van der Waals surface area contributed by atoms with E-state index in [1.165, 1.54) is 19.4 Å². The average molecular weight is 370 g/mol. The molecule has 1 aliphatic rings. The van der Waals surface area contributed by atoms with Crippen molar-refractivity contribution in [2.45, 2.75) is 0 Å². The lowest BCUT2D eigenvalue weighted by Crippen LogP contribution is -2.49. The normalized spacial score (nSPS) is 14.6. The monoisotopic (exact) mass is 370 g/mol. The van der Waals surface area contributed by atoms with Crippen LogP contribution in [0.4, 0.5) is 10.2 Å². The Hall–Kier alpha value is -3.23. The van der Waals surface area contributed by atoms with Gasteiger partial charge in [-0.15, -0.1) is 0 Å². The first-order chi connectivity index (χ1) is 13.1. The topological polar surface area (TPSA) is 76.4 Å². The fourth-order valence-electron chi connectivity index (χ4n) is 3.31. The molecule has 0 spiro atoms. The van der Waals surface area contributed by atoms with Gasteiger partial charge in [-0.2, -0.15) is 5.10 Å². The van der Waals surface area contributed by atoms with E-state index in [0.29, 0.717) is 54.3 Å². The van der Waals surface area contributed by atoms with Crippen LogP contribution in [0.25, 0.3) is 11.0 Å². The summed E-state index contributed by atoms with van der Waals surface area (Å²) in [5, 5.41) is 4.88. The van der Waals surface area contributed by atoms with Crippen LogP contribution in [0, 0.1) is 5.82 Å². The number of rotatable bonds is 3. The minimum Gasteiger partial charge on any atom is -0.495 e. The number of fused-ring (bicyclic) bond motifs is 1. The Bertz CT molecular complexity index is 979. The molecular weight excluding hydrogens is 351 g/mol. The van der Waals surface area contributed by atoms with Crippen molar-refractivity contribution in [2.75, 3.05) is 38.2 Å². The Kier molecular flexibility index (Phi) is 4.35. The molecule has 0 radical (unpaired) electrons. The molecule has 0 aliphatic carbocycles. The van der Waals surface area contributed by atoms with Gasteiger partial charge in [-0.1, -0.05) is 0 Å². The minimum absolute atomic E-state index is 0.128. The molecule has 3 aromatic heterocycles. The van der Waals surface area contributed by atoms with Crippen LogP contribution in [-0.2, 0) is 7.05 Å². The van der Waals surface area contributed by atoms with Crippen molar-refractivity contribution in [3.8, 4) is 5.75 Å². The smallest absolute Gasteiger partial charge is 0.259 e. The predicted octanol–water partition coefficient (Wildman–Crippen LogP) is 1.47. The Morgan fingerprint density at radius 2 is 1.89 bits per heavy atom. The van der Waals surface area contributed by atoms with Crippen molar-refractivity contribution >= 4 is 22.8 Å². The molecule has 3 aromatic rings. The van der Waals surface area contributed by atoms with Crippen LogP contribution in [0.3, 0.4) is 0 Å². The molecule has 4 rings (SSSR count). The number of aryl methyl sites for hydroxylation is 1. The van der Waals surface area contributed by atoms with E-state index in [2.05, 4.69) is 15.1 Å². The predicted molar refractivity (Wildman–Crippen MR) is 97.4 cm³/mol. The maximum absolute atomic E-state index is 13.0. The molecule has 0 saturated carbocycles. The highest BCUT2D eigenvalue weighted by molar-refractivity contribution is 6.01. The number of methoxy groups -OCH3 is 1. The van der Waals surface area contributed by atoms with Gasteiger partial charge in [0.1, 0.15) is 22.9 Å². The number of hydrogen-bond acceptors (Lipinski definition) is 6. The van der Waals surface area contributed by atoms with Crippen molar-refractivity contribution in [3.63, 3.8) is 0 Å². The fraction of sp³-hybridized carbons (Fsp3) is 0.333. The van der Waals surface area contributed by atoms with Crippen LogP contribution in [0.1, 0.15) is 10.4 Å². The molecule has 0 aromatic carbocycles. The standard InChI is InChI=1S/C18H19FN6O2/c1-23-17-13(11-22-23)16(27-2)14(10-21-17)18(26)25-7-5-24(6-8-25)15-4-3-12(19)9-20-15/h3-4,9-11H,5-8H2,1-2H3. The molecule has 9 heteroatoms. The second-order valence-electron chi connectivity index (χ2n) is 6.32. The molecule has 1 aliphatic heterocycles. The van der Waals surface area contributed by atoms with Crippen molar-refractivity contribution in [3.05, 3.63) is 42.1 Å². The molecule has 0 N–H and O–H groups in total. The lowest BCUT2D eigenvalue weighted by Gasteiger charge is -2.35. The third kappa shape index (κ3) is 3.05. The second-order valence-corrected chi connectivity index (χ2v) is 6.32. The molecule has 140 valence electrons. The molecule has 1 fully saturated rings. The zero-order valence-corrected chi connectivity index (χ0v) is 15.1. The summed E-state index contributed by atoms with van der Waals surface area (Å²) in [5.41, 5.74) is 1.09. The molecule has 0 bridgehead atoms. The summed E-state index contributed by atoms with van der Waals surface area (Å²) >= 11 is 0. The molecule has 4 heterocycles. The maximum atomic E-state index is 13.0. The molecule has 1 saturated heterocycles. The maximum Gasteiger partial charge on any atom is 0.259 e. The van der Waals surface area contributed by atoms with Crippen molar-refractivity contribution < 1.29 is 13.9 Å². The Morgan fingerprint density at radius 3 is 2.56 bits per heavy atom. The van der Waals surface area contributed by atoms with E-state index in [-0.39, 0.29) is 11.7 Å². The summed E-state index contributed by atoms with van der Waals surface area (Å²) in [6, 6.07) is 3.04. The van der Waals surface area contributed by atoms with Gasteiger partial charge in [-0.05, 0) is 12.1 Å². The third-order valence-electron chi connectivity index (χ3n) is 4.75. The number of anilines is 1. The van der Waals surface area contributed by atoms with E-state index in [9.17, 15) is 9.18 Å². The summed E-state index contributed by atoms with van der Waals surface area (Å²) in [5.74, 6) is 0.704. The number of carbonyl (C=O) groups excluding carboxylic acids is 1. The van der Waals surface area contributed by atoms with Crippen LogP contribution in [-0.4, -0.2) is 63.8 Å². The number of piperazine rings is 1. The third-order valence-corrected chi connectivity index (χ3v) is 4.75. The molecular formula is C18H19FN6O2. The van der Waals surface area contributed by atoms with E-state index in [1.807, 2.05) is 4.90 Å². The first-order valence-corrected chi connectivity index (χ1v) is 8.59. The molecule has 27 heavy (non-hydrogen) atoms. The number of halogens is 1. The largest absolute Gasteiger partial charge is 0.495 e. The van der Waals surface area contributed by atoms with Crippen LogP contribution in [0.2, 0.25) is 0 Å². The van der Waals surface area contributed by atoms with E-state index in [4.69, 9.17) is 4.74 Å². The lowest BCUT2D eigenvalue weighted by molar-refractivity contribution is 0.0743. The van der Waals surface area contributed by atoms with Crippen LogP contribution >= 0.6 is 0 Å². The zero-order valence-electron chi connectivity index (χ0n) is 15.1. The Morgan fingerprint density at radius 1 is 1.11 bits per heavy atom. The number of hydrogen-bond donors (Lipinski definition) is 0. The van der Waals surface area contributed by atoms with Crippen molar-refractivity contribution in [1.82, 2.24) is 24.6 Å². The summed E-state index contributed by atoms with van der Waals surface area (Å²) < 4.78 is 20.2. The highest BCUT2D eigenvalue weighted by atomic mass is 19.1.